The highest BCUT2D eigenvalue weighted by Gasteiger charge is 2.81. The summed E-state index contributed by atoms with van der Waals surface area (Å²) in [4.78, 5) is 12.0. The average Bonchev–Trinajstić information content (AvgIpc) is 2.94. The minimum Gasteiger partial charge on any atom is -0.458 e. The van der Waals surface area contributed by atoms with Gasteiger partial charge in [0.15, 0.2) is 0 Å². The fourth-order valence-electron chi connectivity index (χ4n) is 4.84. The lowest BCUT2D eigenvalue weighted by Crippen LogP contribution is -2.58. The van der Waals surface area contributed by atoms with Crippen molar-refractivity contribution >= 4 is 5.97 Å². The van der Waals surface area contributed by atoms with Gasteiger partial charge in [-0.1, -0.05) is 19.9 Å². The number of hydrogen-bond acceptors (Lipinski definition) is 3. The number of epoxide rings is 1. The fourth-order valence-corrected chi connectivity index (χ4v) is 4.84. The monoisotopic (exact) mass is 234 g/mol. The molecule has 0 aromatic rings. The molecule has 4 atom stereocenters. The van der Waals surface area contributed by atoms with E-state index < -0.39 is 0 Å². The van der Waals surface area contributed by atoms with Gasteiger partial charge < -0.3 is 9.47 Å². The van der Waals surface area contributed by atoms with E-state index in [-0.39, 0.29) is 28.5 Å². The summed E-state index contributed by atoms with van der Waals surface area (Å²) >= 11 is 0. The molecular weight excluding hydrogens is 216 g/mol. The van der Waals surface area contributed by atoms with Gasteiger partial charge in [0.2, 0.25) is 0 Å². The van der Waals surface area contributed by atoms with Crippen LogP contribution in [0.25, 0.3) is 0 Å². The first kappa shape index (κ1) is 10.1. The first-order valence-electron chi connectivity index (χ1n) is 6.53. The van der Waals surface area contributed by atoms with Crippen molar-refractivity contribution in [3.05, 3.63) is 11.6 Å². The number of ether oxygens (including phenoxy) is 2. The molecule has 2 aliphatic carbocycles. The molecule has 0 bridgehead atoms. The minimum atomic E-state index is -0.214. The number of rotatable bonds is 0. The van der Waals surface area contributed by atoms with E-state index in [0.717, 1.165) is 24.8 Å². The zero-order chi connectivity index (χ0) is 12.1. The van der Waals surface area contributed by atoms with Gasteiger partial charge in [-0.2, -0.15) is 0 Å². The second kappa shape index (κ2) is 2.46. The minimum absolute atomic E-state index is 0.0274. The Morgan fingerprint density at radius 2 is 2.06 bits per heavy atom. The van der Waals surface area contributed by atoms with Gasteiger partial charge in [0.05, 0.1) is 11.5 Å². The summed E-state index contributed by atoms with van der Waals surface area (Å²) in [5, 5.41) is 0. The summed E-state index contributed by atoms with van der Waals surface area (Å²) in [5.74, 6) is -0.108. The van der Waals surface area contributed by atoms with E-state index in [1.165, 1.54) is 0 Å². The van der Waals surface area contributed by atoms with Crippen LogP contribution < -0.4 is 0 Å². The van der Waals surface area contributed by atoms with E-state index in [0.29, 0.717) is 6.10 Å². The molecule has 2 saturated heterocycles. The lowest BCUT2D eigenvalue weighted by atomic mass is 9.50. The summed E-state index contributed by atoms with van der Waals surface area (Å²) in [6.07, 6.45) is 5.29. The van der Waals surface area contributed by atoms with Crippen molar-refractivity contribution in [3.63, 3.8) is 0 Å². The summed E-state index contributed by atoms with van der Waals surface area (Å²) in [6.45, 7) is 6.73. The molecule has 0 N–H and O–H groups in total. The summed E-state index contributed by atoms with van der Waals surface area (Å²) in [6, 6.07) is 0. The molecule has 2 heterocycles. The molecule has 1 spiro atoms. The van der Waals surface area contributed by atoms with Crippen LogP contribution in [0.15, 0.2) is 11.6 Å². The van der Waals surface area contributed by atoms with Crippen LogP contribution in [0, 0.1) is 10.8 Å². The van der Waals surface area contributed by atoms with Crippen molar-refractivity contribution in [2.24, 2.45) is 10.8 Å². The molecule has 2 aliphatic heterocycles. The van der Waals surface area contributed by atoms with E-state index in [2.05, 4.69) is 26.8 Å². The molecule has 0 unspecified atom stereocenters. The van der Waals surface area contributed by atoms with Gasteiger partial charge in [0, 0.05) is 5.57 Å². The van der Waals surface area contributed by atoms with Crippen LogP contribution in [0.5, 0.6) is 0 Å². The summed E-state index contributed by atoms with van der Waals surface area (Å²) < 4.78 is 11.7. The fraction of sp³-hybridized carbons (Fsp3) is 0.786. The molecule has 4 rings (SSSR count). The lowest BCUT2D eigenvalue weighted by molar-refractivity contribution is -0.144. The van der Waals surface area contributed by atoms with Crippen molar-refractivity contribution in [1.82, 2.24) is 0 Å². The van der Waals surface area contributed by atoms with Gasteiger partial charge in [-0.25, -0.2) is 4.79 Å². The third-order valence-corrected chi connectivity index (χ3v) is 5.74. The van der Waals surface area contributed by atoms with Crippen LogP contribution in [0.1, 0.15) is 40.0 Å². The van der Waals surface area contributed by atoms with Crippen molar-refractivity contribution in [1.29, 1.82) is 0 Å². The maximum atomic E-state index is 12.0. The summed E-state index contributed by atoms with van der Waals surface area (Å²) in [5.41, 5.74) is 0.647. The van der Waals surface area contributed by atoms with Crippen molar-refractivity contribution in [3.8, 4) is 0 Å². The molecule has 17 heavy (non-hydrogen) atoms. The lowest BCUT2D eigenvalue weighted by Gasteiger charge is -2.50. The molecule has 0 radical (unpaired) electrons. The highest BCUT2D eigenvalue weighted by atomic mass is 16.6. The van der Waals surface area contributed by atoms with Gasteiger partial charge in [-0.3, -0.25) is 0 Å². The van der Waals surface area contributed by atoms with Gasteiger partial charge in [0.25, 0.3) is 0 Å². The van der Waals surface area contributed by atoms with E-state index in [9.17, 15) is 4.79 Å². The van der Waals surface area contributed by atoms with Gasteiger partial charge in [-0.15, -0.1) is 0 Å². The van der Waals surface area contributed by atoms with E-state index in [1.54, 1.807) is 0 Å². The van der Waals surface area contributed by atoms with Crippen LogP contribution in [0.4, 0.5) is 0 Å². The van der Waals surface area contributed by atoms with Crippen molar-refractivity contribution < 1.29 is 14.3 Å². The van der Waals surface area contributed by atoms with Crippen LogP contribution in [-0.2, 0) is 14.3 Å². The van der Waals surface area contributed by atoms with Crippen LogP contribution in [0.2, 0.25) is 0 Å². The second-order valence-corrected chi connectivity index (χ2v) is 6.71. The zero-order valence-electron chi connectivity index (χ0n) is 10.6. The molecule has 0 aromatic heterocycles. The van der Waals surface area contributed by atoms with Crippen LogP contribution >= 0.6 is 0 Å². The van der Waals surface area contributed by atoms with Gasteiger partial charge in [-0.05, 0) is 31.6 Å². The van der Waals surface area contributed by atoms with E-state index >= 15 is 0 Å². The zero-order valence-corrected chi connectivity index (χ0v) is 10.6. The highest BCUT2D eigenvalue weighted by molar-refractivity contribution is 5.94. The van der Waals surface area contributed by atoms with Crippen molar-refractivity contribution in [2.75, 3.05) is 0 Å². The number of carbonyl (C=O) groups excluding carboxylic acids is 1. The van der Waals surface area contributed by atoms with Gasteiger partial charge >= 0.3 is 5.97 Å². The molecule has 1 saturated carbocycles. The normalized spacial score (nSPS) is 53.4. The second-order valence-electron chi connectivity index (χ2n) is 6.71. The molecule has 0 amide bonds. The largest absolute Gasteiger partial charge is 0.458 e. The molecule has 4 aliphatic rings. The smallest absolute Gasteiger partial charge is 0.334 e. The highest BCUT2D eigenvalue weighted by Crippen LogP contribution is 2.73. The Kier molecular flexibility index (Phi) is 1.47. The Labute approximate surface area is 101 Å². The predicted molar refractivity (Wildman–Crippen MR) is 61.3 cm³/mol. The molecular formula is C14H18O3. The topological polar surface area (TPSA) is 38.8 Å². The van der Waals surface area contributed by atoms with Crippen LogP contribution in [0.3, 0.4) is 0 Å². The van der Waals surface area contributed by atoms with Crippen molar-refractivity contribution in [2.45, 2.75) is 57.8 Å². The third kappa shape index (κ3) is 0.805. The Hall–Kier alpha value is -0.830. The summed E-state index contributed by atoms with van der Waals surface area (Å²) in [7, 11) is 0. The Balaban J connectivity index is 1.96. The van der Waals surface area contributed by atoms with Gasteiger partial charge in [0.1, 0.15) is 11.7 Å². The Morgan fingerprint density at radius 3 is 2.82 bits per heavy atom. The molecule has 92 valence electrons. The predicted octanol–water partition coefficient (Wildman–Crippen LogP) is 2.21. The van der Waals surface area contributed by atoms with Crippen LogP contribution in [-0.4, -0.2) is 23.8 Å². The number of hydrogen-bond donors (Lipinski definition) is 0. The Morgan fingerprint density at radius 1 is 1.29 bits per heavy atom. The number of carbonyl (C=O) groups is 1. The maximum absolute atomic E-state index is 12.0. The van der Waals surface area contributed by atoms with E-state index in [4.69, 9.17) is 9.47 Å². The number of esters is 1. The average molecular weight is 234 g/mol. The Bertz CT molecular complexity index is 464. The van der Waals surface area contributed by atoms with E-state index in [1.807, 2.05) is 0 Å². The maximum Gasteiger partial charge on any atom is 0.334 e. The first-order valence-corrected chi connectivity index (χ1v) is 6.53. The SMILES string of the molecule is CC1(C)CC[C@@H]2OC(=O)C3=CC[C@@H]4O[C@]41[C@@]32C. The third-order valence-electron chi connectivity index (χ3n) is 5.74. The first-order chi connectivity index (χ1) is 7.93. The quantitative estimate of drug-likeness (QED) is 0.476. The molecule has 3 nitrogen and oxygen atoms in total. The molecule has 3 heteroatoms. The molecule has 3 fully saturated rings. The standard InChI is InChI=1S/C14H18O3/c1-12(2)7-6-9-13(3)8(11(15)16-9)4-5-10-14(12,13)17-10/h4,9-10H,5-7H2,1-3H3/t9-,10-,13-,14+/m0/s1. The molecule has 0 aromatic carbocycles.